The van der Waals surface area contributed by atoms with E-state index in [9.17, 15) is 13.2 Å². The van der Waals surface area contributed by atoms with Crippen LogP contribution >= 0.6 is 35.0 Å². The molecule has 0 saturated heterocycles. The first-order chi connectivity index (χ1) is 6.95. The van der Waals surface area contributed by atoms with E-state index in [0.717, 1.165) is 12.3 Å². The summed E-state index contributed by atoms with van der Waals surface area (Å²) in [7, 11) is 0. The number of thioether (sulfide) groups is 1. The lowest BCUT2D eigenvalue weighted by Crippen LogP contribution is -2.05. The lowest BCUT2D eigenvalue weighted by molar-refractivity contribution is -0.137. The van der Waals surface area contributed by atoms with Gasteiger partial charge < -0.3 is 0 Å². The second-order valence-corrected chi connectivity index (χ2v) is 4.41. The van der Waals surface area contributed by atoms with Crippen molar-refractivity contribution in [1.29, 1.82) is 0 Å². The molecule has 0 bridgehead atoms. The number of rotatable bonds is 3. The van der Waals surface area contributed by atoms with Crippen molar-refractivity contribution in [2.75, 3.05) is 11.6 Å². The molecule has 0 aliphatic rings. The Morgan fingerprint density at radius 1 is 1.40 bits per heavy atom. The molecule has 0 fully saturated rings. The third kappa shape index (κ3) is 3.74. The van der Waals surface area contributed by atoms with Crippen molar-refractivity contribution in [3.05, 3.63) is 22.8 Å². The lowest BCUT2D eigenvalue weighted by atomic mass is 10.3. The van der Waals surface area contributed by atoms with E-state index in [1.807, 2.05) is 0 Å². The van der Waals surface area contributed by atoms with Crippen LogP contribution in [0.2, 0.25) is 5.02 Å². The Kier molecular flexibility index (Phi) is 4.55. The Morgan fingerprint density at radius 2 is 2.07 bits per heavy atom. The van der Waals surface area contributed by atoms with Crippen molar-refractivity contribution < 1.29 is 13.2 Å². The van der Waals surface area contributed by atoms with Gasteiger partial charge >= 0.3 is 6.18 Å². The van der Waals surface area contributed by atoms with Crippen molar-refractivity contribution in [1.82, 2.24) is 4.98 Å². The smallest absolute Gasteiger partial charge is 0.248 e. The van der Waals surface area contributed by atoms with Crippen LogP contribution in [0.4, 0.5) is 13.2 Å². The number of hydrogen-bond donors (Lipinski definition) is 0. The molecule has 7 heteroatoms. The SMILES string of the molecule is FC(F)(F)c1cnc(SCCCl)c(Cl)c1. The molecule has 1 nitrogen and oxygen atoms in total. The predicted molar refractivity (Wildman–Crippen MR) is 55.7 cm³/mol. The molecule has 0 N–H and O–H groups in total. The molecule has 0 spiro atoms. The lowest BCUT2D eigenvalue weighted by Gasteiger charge is -2.08. The summed E-state index contributed by atoms with van der Waals surface area (Å²) in [6.07, 6.45) is -3.64. The molecule has 0 aliphatic carbocycles. The van der Waals surface area contributed by atoms with Crippen LogP contribution in [0.5, 0.6) is 0 Å². The number of nitrogens with zero attached hydrogens (tertiary/aromatic N) is 1. The minimum absolute atomic E-state index is 0.0000540. The highest BCUT2D eigenvalue weighted by Crippen LogP contribution is 2.33. The molecule has 0 aromatic carbocycles. The summed E-state index contributed by atoms with van der Waals surface area (Å²) in [5.41, 5.74) is -0.845. The zero-order valence-corrected chi connectivity index (χ0v) is 9.64. The third-order valence-corrected chi connectivity index (χ3v) is 3.27. The van der Waals surface area contributed by atoms with Crippen LogP contribution in [0, 0.1) is 0 Å². The van der Waals surface area contributed by atoms with E-state index >= 15 is 0 Å². The normalized spacial score (nSPS) is 11.8. The summed E-state index contributed by atoms with van der Waals surface area (Å²) in [4.78, 5) is 3.63. The first kappa shape index (κ1) is 12.9. The number of alkyl halides is 4. The highest BCUT2D eigenvalue weighted by molar-refractivity contribution is 7.99. The maximum atomic E-state index is 12.2. The minimum atomic E-state index is -4.41. The van der Waals surface area contributed by atoms with Crippen LogP contribution in [0.1, 0.15) is 5.56 Å². The van der Waals surface area contributed by atoms with Crippen LogP contribution in [-0.4, -0.2) is 16.6 Å². The van der Waals surface area contributed by atoms with Gasteiger partial charge in [-0.1, -0.05) is 11.6 Å². The average molecular weight is 276 g/mol. The topological polar surface area (TPSA) is 12.9 Å². The van der Waals surface area contributed by atoms with Crippen LogP contribution in [0.3, 0.4) is 0 Å². The van der Waals surface area contributed by atoms with Crippen LogP contribution in [0.25, 0.3) is 0 Å². The molecule has 1 rings (SSSR count). The van der Waals surface area contributed by atoms with Gasteiger partial charge in [0.25, 0.3) is 0 Å². The molecule has 84 valence electrons. The molecule has 0 radical (unpaired) electrons. The van der Waals surface area contributed by atoms with E-state index in [2.05, 4.69) is 4.98 Å². The van der Waals surface area contributed by atoms with Gasteiger partial charge in [-0.2, -0.15) is 13.2 Å². The molecular weight excluding hydrogens is 270 g/mol. The van der Waals surface area contributed by atoms with Gasteiger partial charge in [-0.15, -0.1) is 23.4 Å². The third-order valence-electron chi connectivity index (χ3n) is 1.45. The number of pyridine rings is 1. The van der Waals surface area contributed by atoms with Crippen LogP contribution in [-0.2, 0) is 6.18 Å². The summed E-state index contributed by atoms with van der Waals surface area (Å²) >= 11 is 12.3. The zero-order chi connectivity index (χ0) is 11.5. The van der Waals surface area contributed by atoms with Crippen molar-refractivity contribution in [3.63, 3.8) is 0 Å². The number of hydrogen-bond acceptors (Lipinski definition) is 2. The summed E-state index contributed by atoms with van der Waals surface area (Å²) in [5.74, 6) is 0.948. The largest absolute Gasteiger partial charge is 0.417 e. The van der Waals surface area contributed by atoms with Gasteiger partial charge in [0.1, 0.15) is 5.03 Å². The molecule has 0 unspecified atom stereocenters. The van der Waals surface area contributed by atoms with Crippen molar-refractivity contribution in [2.24, 2.45) is 0 Å². The van der Waals surface area contributed by atoms with E-state index in [1.54, 1.807) is 0 Å². The molecular formula is C8H6Cl2F3NS. The van der Waals surface area contributed by atoms with E-state index in [-0.39, 0.29) is 5.02 Å². The van der Waals surface area contributed by atoms with Gasteiger partial charge in [-0.05, 0) is 6.07 Å². The maximum absolute atomic E-state index is 12.2. The van der Waals surface area contributed by atoms with Crippen molar-refractivity contribution >= 4 is 35.0 Å². The van der Waals surface area contributed by atoms with Crippen molar-refractivity contribution in [3.8, 4) is 0 Å². The first-order valence-corrected chi connectivity index (χ1v) is 5.76. The Balaban J connectivity index is 2.88. The Morgan fingerprint density at radius 3 is 2.53 bits per heavy atom. The second-order valence-electron chi connectivity index (χ2n) is 2.55. The van der Waals surface area contributed by atoms with Gasteiger partial charge in [-0.25, -0.2) is 4.98 Å². The van der Waals surface area contributed by atoms with Gasteiger partial charge in [0, 0.05) is 17.8 Å². The van der Waals surface area contributed by atoms with E-state index < -0.39 is 11.7 Å². The standard InChI is InChI=1S/C8H6Cl2F3NS/c9-1-2-15-7-6(10)3-5(4-14-7)8(11,12)13/h3-4H,1-2H2. The summed E-state index contributed by atoms with van der Waals surface area (Å²) in [5, 5.41) is 0.366. The van der Waals surface area contributed by atoms with Crippen LogP contribution in [0.15, 0.2) is 17.3 Å². The fourth-order valence-electron chi connectivity index (χ4n) is 0.822. The fourth-order valence-corrected chi connectivity index (χ4v) is 1.98. The van der Waals surface area contributed by atoms with Gasteiger partial charge in [0.2, 0.25) is 0 Å². The summed E-state index contributed by atoms with van der Waals surface area (Å²) < 4.78 is 36.7. The second kappa shape index (κ2) is 5.27. The molecule has 1 aromatic heterocycles. The molecule has 0 atom stereocenters. The monoisotopic (exact) mass is 275 g/mol. The van der Waals surface area contributed by atoms with Crippen LogP contribution < -0.4 is 0 Å². The Labute approximate surface area is 99.0 Å². The Hall–Kier alpha value is -0.130. The quantitative estimate of drug-likeness (QED) is 0.609. The van der Waals surface area contributed by atoms with E-state index in [4.69, 9.17) is 23.2 Å². The maximum Gasteiger partial charge on any atom is 0.417 e. The van der Waals surface area contributed by atoms with Gasteiger partial charge in [0.05, 0.1) is 10.6 Å². The molecule has 15 heavy (non-hydrogen) atoms. The average Bonchev–Trinajstić information content (AvgIpc) is 2.14. The van der Waals surface area contributed by atoms with E-state index in [0.29, 0.717) is 16.7 Å². The molecule has 0 saturated carbocycles. The molecule has 1 heterocycles. The van der Waals surface area contributed by atoms with Gasteiger partial charge in [-0.3, -0.25) is 0 Å². The number of aromatic nitrogens is 1. The molecule has 1 aromatic rings. The summed E-state index contributed by atoms with van der Waals surface area (Å²) in [6.45, 7) is 0. The molecule has 0 amide bonds. The number of halogens is 5. The highest BCUT2D eigenvalue weighted by atomic mass is 35.5. The van der Waals surface area contributed by atoms with Crippen molar-refractivity contribution in [2.45, 2.75) is 11.2 Å². The Bertz CT molecular complexity index is 343. The molecule has 0 aliphatic heterocycles. The van der Waals surface area contributed by atoms with E-state index in [1.165, 1.54) is 11.8 Å². The minimum Gasteiger partial charge on any atom is -0.248 e. The first-order valence-electron chi connectivity index (χ1n) is 3.86. The fraction of sp³-hybridized carbons (Fsp3) is 0.375. The zero-order valence-electron chi connectivity index (χ0n) is 7.31. The predicted octanol–water partition coefficient (Wildman–Crippen LogP) is 4.08. The highest BCUT2D eigenvalue weighted by Gasteiger charge is 2.31. The summed E-state index contributed by atoms with van der Waals surface area (Å²) in [6, 6.07) is 0.866. The van der Waals surface area contributed by atoms with Gasteiger partial charge in [0.15, 0.2) is 0 Å².